The van der Waals surface area contributed by atoms with Crippen molar-refractivity contribution in [2.45, 2.75) is 32.7 Å². The average Bonchev–Trinajstić information content (AvgIpc) is 3.16. The van der Waals surface area contributed by atoms with Crippen LogP contribution in [0.15, 0.2) is 42.6 Å². The van der Waals surface area contributed by atoms with E-state index in [0.717, 1.165) is 13.1 Å². The highest BCUT2D eigenvalue weighted by molar-refractivity contribution is 6.04. The number of anilines is 2. The molecule has 0 radical (unpaired) electrons. The minimum atomic E-state index is -0.335. The van der Waals surface area contributed by atoms with Gasteiger partial charge >= 0.3 is 0 Å². The van der Waals surface area contributed by atoms with Crippen molar-refractivity contribution < 1.29 is 9.59 Å². The van der Waals surface area contributed by atoms with Gasteiger partial charge in [0, 0.05) is 42.3 Å². The summed E-state index contributed by atoms with van der Waals surface area (Å²) in [5.41, 5.74) is 2.51. The highest BCUT2D eigenvalue weighted by atomic mass is 16.2. The molecule has 0 aliphatic carbocycles. The van der Waals surface area contributed by atoms with Crippen molar-refractivity contribution in [1.29, 1.82) is 0 Å². The van der Waals surface area contributed by atoms with Gasteiger partial charge in [0.2, 0.25) is 0 Å². The van der Waals surface area contributed by atoms with Crippen molar-refractivity contribution >= 4 is 23.2 Å². The summed E-state index contributed by atoms with van der Waals surface area (Å²) in [6, 6.07) is 10.9. The second kappa shape index (κ2) is 7.99. The molecule has 6 heteroatoms. The second-order valence-electron chi connectivity index (χ2n) is 6.75. The van der Waals surface area contributed by atoms with Crippen LogP contribution in [0, 0.1) is 0 Å². The maximum absolute atomic E-state index is 12.4. The molecule has 6 nitrogen and oxygen atoms in total. The lowest BCUT2D eigenvalue weighted by molar-refractivity contribution is 0.0943. The largest absolute Gasteiger partial charge is 0.372 e. The van der Waals surface area contributed by atoms with Crippen LogP contribution in [0.1, 0.15) is 47.5 Å². The molecule has 0 atom stereocenters. The van der Waals surface area contributed by atoms with E-state index in [1.165, 1.54) is 30.8 Å². The Morgan fingerprint density at radius 3 is 2.38 bits per heavy atom. The quantitative estimate of drug-likeness (QED) is 0.867. The maximum Gasteiger partial charge on any atom is 0.274 e. The highest BCUT2D eigenvalue weighted by Gasteiger charge is 2.14. The summed E-state index contributed by atoms with van der Waals surface area (Å²) in [4.78, 5) is 30.9. The van der Waals surface area contributed by atoms with Crippen LogP contribution in [0.2, 0.25) is 0 Å². The van der Waals surface area contributed by atoms with E-state index in [-0.39, 0.29) is 23.6 Å². The molecule has 1 aliphatic rings. The zero-order valence-electron chi connectivity index (χ0n) is 15.2. The summed E-state index contributed by atoms with van der Waals surface area (Å²) in [7, 11) is 0. The van der Waals surface area contributed by atoms with Crippen LogP contribution in [0.5, 0.6) is 0 Å². The molecule has 136 valence electrons. The van der Waals surface area contributed by atoms with Crippen molar-refractivity contribution in [3.05, 3.63) is 53.9 Å². The van der Waals surface area contributed by atoms with Crippen LogP contribution >= 0.6 is 0 Å². The Hall–Kier alpha value is -2.89. The maximum atomic E-state index is 12.4. The highest BCUT2D eigenvalue weighted by Crippen LogP contribution is 2.22. The van der Waals surface area contributed by atoms with E-state index in [9.17, 15) is 9.59 Å². The molecule has 2 amide bonds. The summed E-state index contributed by atoms with van der Waals surface area (Å²) < 4.78 is 0. The summed E-state index contributed by atoms with van der Waals surface area (Å²) in [5.74, 6) is -0.551. The van der Waals surface area contributed by atoms with Gasteiger partial charge in [0.1, 0.15) is 5.69 Å². The summed E-state index contributed by atoms with van der Waals surface area (Å²) in [5, 5.41) is 5.64. The Morgan fingerprint density at radius 1 is 1.04 bits per heavy atom. The van der Waals surface area contributed by atoms with Gasteiger partial charge in [-0.3, -0.25) is 14.6 Å². The number of amides is 2. The Labute approximate surface area is 153 Å². The number of rotatable bonds is 5. The molecular weight excluding hydrogens is 328 g/mol. The van der Waals surface area contributed by atoms with E-state index in [4.69, 9.17) is 0 Å². The smallest absolute Gasteiger partial charge is 0.274 e. The normalized spacial score (nSPS) is 13.7. The molecule has 3 rings (SSSR count). The van der Waals surface area contributed by atoms with Gasteiger partial charge in [-0.05, 0) is 63.1 Å². The van der Waals surface area contributed by atoms with E-state index >= 15 is 0 Å². The number of nitrogens with one attached hydrogen (secondary N) is 2. The topological polar surface area (TPSA) is 74.3 Å². The van der Waals surface area contributed by atoms with Crippen molar-refractivity contribution in [3.8, 4) is 0 Å². The monoisotopic (exact) mass is 352 g/mol. The molecular formula is C20H24N4O2. The SMILES string of the molecule is CC(C)NC(=O)c1ccnc(C(=O)Nc2ccc(N3CCCC3)cc2)c1. The Kier molecular flexibility index (Phi) is 5.51. The van der Waals surface area contributed by atoms with Gasteiger partial charge in [-0.2, -0.15) is 0 Å². The molecule has 0 bridgehead atoms. The predicted molar refractivity (Wildman–Crippen MR) is 103 cm³/mol. The van der Waals surface area contributed by atoms with Crippen LogP contribution < -0.4 is 15.5 Å². The number of aromatic nitrogens is 1. The summed E-state index contributed by atoms with van der Waals surface area (Å²) >= 11 is 0. The van der Waals surface area contributed by atoms with Crippen LogP contribution in [0.25, 0.3) is 0 Å². The fraction of sp³-hybridized carbons (Fsp3) is 0.350. The van der Waals surface area contributed by atoms with Crippen molar-refractivity contribution in [2.75, 3.05) is 23.3 Å². The minimum Gasteiger partial charge on any atom is -0.372 e. The molecule has 1 fully saturated rings. The van der Waals surface area contributed by atoms with Crippen molar-refractivity contribution in [2.24, 2.45) is 0 Å². The van der Waals surface area contributed by atoms with E-state index in [1.54, 1.807) is 6.07 Å². The number of carbonyl (C=O) groups is 2. The van der Waals surface area contributed by atoms with E-state index in [2.05, 4.69) is 20.5 Å². The second-order valence-corrected chi connectivity index (χ2v) is 6.75. The average molecular weight is 352 g/mol. The van der Waals surface area contributed by atoms with E-state index < -0.39 is 0 Å². The minimum absolute atomic E-state index is 0.0297. The fourth-order valence-electron chi connectivity index (χ4n) is 2.97. The lowest BCUT2D eigenvalue weighted by atomic mass is 10.2. The molecule has 2 N–H and O–H groups in total. The lowest BCUT2D eigenvalue weighted by Gasteiger charge is -2.17. The predicted octanol–water partition coefficient (Wildman–Crippen LogP) is 3.07. The first-order chi connectivity index (χ1) is 12.5. The third-order valence-corrected chi connectivity index (χ3v) is 4.27. The molecule has 1 aromatic heterocycles. The zero-order chi connectivity index (χ0) is 18.5. The Bertz CT molecular complexity index is 781. The van der Waals surface area contributed by atoms with Gasteiger partial charge in [-0.25, -0.2) is 0 Å². The van der Waals surface area contributed by atoms with Gasteiger partial charge in [0.25, 0.3) is 11.8 Å². The van der Waals surface area contributed by atoms with Gasteiger partial charge in [0.15, 0.2) is 0 Å². The van der Waals surface area contributed by atoms with Crippen LogP contribution in [-0.4, -0.2) is 35.9 Å². The molecule has 0 saturated carbocycles. The molecule has 2 heterocycles. The summed E-state index contributed by atoms with van der Waals surface area (Å²) in [6.45, 7) is 5.94. The van der Waals surface area contributed by atoms with Gasteiger partial charge in [-0.1, -0.05) is 0 Å². The first kappa shape index (κ1) is 17.9. The van der Waals surface area contributed by atoms with Crippen LogP contribution in [-0.2, 0) is 0 Å². The molecule has 1 aliphatic heterocycles. The lowest BCUT2D eigenvalue weighted by Crippen LogP contribution is -2.30. The molecule has 0 unspecified atom stereocenters. The molecule has 26 heavy (non-hydrogen) atoms. The summed E-state index contributed by atoms with van der Waals surface area (Å²) in [6.07, 6.45) is 3.93. The number of benzene rings is 1. The van der Waals surface area contributed by atoms with Crippen molar-refractivity contribution in [1.82, 2.24) is 10.3 Å². The fourth-order valence-corrected chi connectivity index (χ4v) is 2.97. The van der Waals surface area contributed by atoms with Crippen LogP contribution in [0.4, 0.5) is 11.4 Å². The number of hydrogen-bond acceptors (Lipinski definition) is 4. The van der Waals surface area contributed by atoms with E-state index in [1.807, 2.05) is 38.1 Å². The number of hydrogen-bond donors (Lipinski definition) is 2. The number of pyridine rings is 1. The molecule has 1 aromatic carbocycles. The Morgan fingerprint density at radius 2 is 1.73 bits per heavy atom. The first-order valence-corrected chi connectivity index (χ1v) is 8.96. The number of nitrogens with zero attached hydrogens (tertiary/aromatic N) is 2. The standard InChI is InChI=1S/C20H24N4O2/c1-14(2)22-19(25)15-9-10-21-18(13-15)20(26)23-16-5-7-17(8-6-16)24-11-3-4-12-24/h5-10,13-14H,3-4,11-12H2,1-2H3,(H,22,25)(H,23,26). The third-order valence-electron chi connectivity index (χ3n) is 4.27. The molecule has 1 saturated heterocycles. The van der Waals surface area contributed by atoms with Crippen LogP contribution in [0.3, 0.4) is 0 Å². The van der Waals surface area contributed by atoms with Gasteiger partial charge < -0.3 is 15.5 Å². The molecule has 0 spiro atoms. The zero-order valence-corrected chi connectivity index (χ0v) is 15.2. The van der Waals surface area contributed by atoms with Gasteiger partial charge in [-0.15, -0.1) is 0 Å². The van der Waals surface area contributed by atoms with E-state index in [0.29, 0.717) is 11.3 Å². The first-order valence-electron chi connectivity index (χ1n) is 8.96. The third kappa shape index (κ3) is 4.39. The molecule has 2 aromatic rings. The van der Waals surface area contributed by atoms with Crippen molar-refractivity contribution in [3.63, 3.8) is 0 Å². The van der Waals surface area contributed by atoms with Gasteiger partial charge in [0.05, 0.1) is 0 Å². The number of carbonyl (C=O) groups excluding carboxylic acids is 2. The Balaban J connectivity index is 1.67.